The summed E-state index contributed by atoms with van der Waals surface area (Å²) in [7, 11) is -3.62. The van der Waals surface area contributed by atoms with Gasteiger partial charge in [-0.25, -0.2) is 12.8 Å². The quantitative estimate of drug-likeness (QED) is 0.857. The molecule has 25 heavy (non-hydrogen) atoms. The van der Waals surface area contributed by atoms with E-state index in [1.807, 2.05) is 6.07 Å². The zero-order valence-electron chi connectivity index (χ0n) is 14.4. The molecule has 0 spiro atoms. The topological polar surface area (TPSA) is 66.5 Å². The summed E-state index contributed by atoms with van der Waals surface area (Å²) in [6.45, 7) is 3.49. The van der Waals surface area contributed by atoms with Crippen LogP contribution in [0.2, 0.25) is 0 Å². The van der Waals surface area contributed by atoms with Gasteiger partial charge in [0.05, 0.1) is 11.9 Å². The van der Waals surface area contributed by atoms with E-state index < -0.39 is 15.9 Å². The second-order valence-electron chi connectivity index (χ2n) is 5.91. The molecule has 1 amide bonds. The molecule has 0 radical (unpaired) electrons. The lowest BCUT2D eigenvalue weighted by Gasteiger charge is -2.25. The van der Waals surface area contributed by atoms with Crippen molar-refractivity contribution in [2.45, 2.75) is 20.4 Å². The fraction of sp³-hybridized carbons (Fsp3) is 0.278. The number of carbonyl (C=O) groups excluding carboxylic acids is 1. The van der Waals surface area contributed by atoms with E-state index in [4.69, 9.17) is 0 Å². The second-order valence-corrected chi connectivity index (χ2v) is 7.82. The maximum atomic E-state index is 12.9. The van der Waals surface area contributed by atoms with Gasteiger partial charge in [-0.15, -0.1) is 0 Å². The molecule has 0 bridgehead atoms. The predicted octanol–water partition coefficient (Wildman–Crippen LogP) is 2.52. The minimum Gasteiger partial charge on any atom is -0.350 e. The van der Waals surface area contributed by atoms with Crippen LogP contribution in [0.25, 0.3) is 0 Å². The zero-order chi connectivity index (χ0) is 18.6. The molecule has 0 aromatic heterocycles. The number of hydrogen-bond acceptors (Lipinski definition) is 3. The van der Waals surface area contributed by atoms with E-state index in [9.17, 15) is 17.6 Å². The highest BCUT2D eigenvalue weighted by Gasteiger charge is 2.23. The summed E-state index contributed by atoms with van der Waals surface area (Å²) in [6, 6.07) is 11.2. The lowest BCUT2D eigenvalue weighted by molar-refractivity contribution is -0.119. The van der Waals surface area contributed by atoms with Crippen LogP contribution in [0.15, 0.2) is 42.5 Å². The largest absolute Gasteiger partial charge is 0.350 e. The minimum atomic E-state index is -3.62. The van der Waals surface area contributed by atoms with Crippen molar-refractivity contribution in [1.82, 2.24) is 5.32 Å². The Kier molecular flexibility index (Phi) is 5.79. The highest BCUT2D eigenvalue weighted by molar-refractivity contribution is 7.92. The first kappa shape index (κ1) is 18.9. The molecule has 0 aliphatic heterocycles. The van der Waals surface area contributed by atoms with Crippen molar-refractivity contribution in [2.24, 2.45) is 0 Å². The smallest absolute Gasteiger partial charge is 0.241 e. The number of hydrogen-bond donors (Lipinski definition) is 1. The van der Waals surface area contributed by atoms with Crippen LogP contribution in [-0.2, 0) is 21.4 Å². The number of para-hydroxylation sites is 1. The molecule has 2 aromatic carbocycles. The van der Waals surface area contributed by atoms with E-state index >= 15 is 0 Å². The number of amides is 1. The molecule has 0 atom stereocenters. The van der Waals surface area contributed by atoms with Crippen molar-refractivity contribution in [3.05, 3.63) is 65.0 Å². The third kappa shape index (κ3) is 5.03. The lowest BCUT2D eigenvalue weighted by Crippen LogP contribution is -2.40. The SMILES string of the molecule is Cc1cccc(C)c1N(CC(=O)NCc1ccc(F)cc1)S(C)(=O)=O. The van der Waals surface area contributed by atoms with Crippen LogP contribution in [0.1, 0.15) is 16.7 Å². The van der Waals surface area contributed by atoms with Gasteiger partial charge in [0.15, 0.2) is 0 Å². The Bertz CT molecular complexity index is 844. The molecule has 0 saturated carbocycles. The molecule has 0 aliphatic carbocycles. The maximum absolute atomic E-state index is 12.9. The number of halogens is 1. The molecule has 1 N–H and O–H groups in total. The molecule has 0 heterocycles. The first-order valence-electron chi connectivity index (χ1n) is 7.73. The van der Waals surface area contributed by atoms with Crippen molar-refractivity contribution in [3.63, 3.8) is 0 Å². The Hall–Kier alpha value is -2.41. The number of nitrogens with zero attached hydrogens (tertiary/aromatic N) is 1. The summed E-state index contributed by atoms with van der Waals surface area (Å²) in [5.41, 5.74) is 2.79. The van der Waals surface area contributed by atoms with E-state index in [0.717, 1.165) is 27.3 Å². The summed E-state index contributed by atoms with van der Waals surface area (Å²) in [5, 5.41) is 2.66. The molecule has 5 nitrogen and oxygen atoms in total. The standard InChI is InChI=1S/C18H21FN2O3S/c1-13-5-4-6-14(2)18(13)21(25(3,23)24)12-17(22)20-11-15-7-9-16(19)10-8-15/h4-10H,11-12H2,1-3H3,(H,20,22). The van der Waals surface area contributed by atoms with Gasteiger partial charge in [-0.2, -0.15) is 0 Å². The summed E-state index contributed by atoms with van der Waals surface area (Å²) in [5.74, 6) is -0.786. The third-order valence-corrected chi connectivity index (χ3v) is 4.89. The van der Waals surface area contributed by atoms with E-state index in [0.29, 0.717) is 5.69 Å². The Balaban J connectivity index is 2.15. The van der Waals surface area contributed by atoms with Gasteiger partial charge in [-0.3, -0.25) is 9.10 Å². The van der Waals surface area contributed by atoms with Crippen molar-refractivity contribution >= 4 is 21.6 Å². The van der Waals surface area contributed by atoms with Gasteiger partial charge in [-0.1, -0.05) is 30.3 Å². The number of benzene rings is 2. The van der Waals surface area contributed by atoms with Crippen LogP contribution < -0.4 is 9.62 Å². The predicted molar refractivity (Wildman–Crippen MR) is 96.4 cm³/mol. The molecule has 0 saturated heterocycles. The number of rotatable bonds is 6. The van der Waals surface area contributed by atoms with Gasteiger partial charge < -0.3 is 5.32 Å². The monoisotopic (exact) mass is 364 g/mol. The van der Waals surface area contributed by atoms with Gasteiger partial charge in [-0.05, 0) is 42.7 Å². The van der Waals surface area contributed by atoms with E-state index in [-0.39, 0.29) is 18.9 Å². The molecule has 0 aliphatic rings. The number of sulfonamides is 1. The van der Waals surface area contributed by atoms with Gasteiger partial charge in [0.25, 0.3) is 0 Å². The first-order chi connectivity index (χ1) is 11.7. The van der Waals surface area contributed by atoms with Crippen molar-refractivity contribution in [3.8, 4) is 0 Å². The number of anilines is 1. The Morgan fingerprint density at radius 1 is 1.08 bits per heavy atom. The van der Waals surface area contributed by atoms with Gasteiger partial charge in [0, 0.05) is 6.54 Å². The summed E-state index contributed by atoms with van der Waals surface area (Å²) in [6.07, 6.45) is 1.08. The minimum absolute atomic E-state index is 0.198. The average molecular weight is 364 g/mol. The van der Waals surface area contributed by atoms with Crippen molar-refractivity contribution in [2.75, 3.05) is 17.1 Å². The van der Waals surface area contributed by atoms with Crippen LogP contribution in [0.3, 0.4) is 0 Å². The highest BCUT2D eigenvalue weighted by atomic mass is 32.2. The molecule has 0 unspecified atom stereocenters. The van der Waals surface area contributed by atoms with E-state index in [1.54, 1.807) is 38.1 Å². The summed E-state index contributed by atoms with van der Waals surface area (Å²) >= 11 is 0. The van der Waals surface area contributed by atoms with Gasteiger partial charge in [0.1, 0.15) is 12.4 Å². The molecule has 7 heteroatoms. The molecular formula is C18H21FN2O3S. The lowest BCUT2D eigenvalue weighted by atomic mass is 10.1. The van der Waals surface area contributed by atoms with Gasteiger partial charge in [0.2, 0.25) is 15.9 Å². The number of nitrogens with one attached hydrogen (secondary N) is 1. The normalized spacial score (nSPS) is 11.2. The maximum Gasteiger partial charge on any atom is 0.241 e. The van der Waals surface area contributed by atoms with Crippen LogP contribution in [0, 0.1) is 19.7 Å². The average Bonchev–Trinajstić information content (AvgIpc) is 2.52. The Morgan fingerprint density at radius 3 is 2.16 bits per heavy atom. The van der Waals surface area contributed by atoms with Crippen LogP contribution in [0.5, 0.6) is 0 Å². The molecule has 2 aromatic rings. The highest BCUT2D eigenvalue weighted by Crippen LogP contribution is 2.26. The molecule has 2 rings (SSSR count). The second kappa shape index (κ2) is 7.65. The van der Waals surface area contributed by atoms with Crippen LogP contribution >= 0.6 is 0 Å². The fourth-order valence-corrected chi connectivity index (χ4v) is 3.52. The zero-order valence-corrected chi connectivity index (χ0v) is 15.2. The van der Waals surface area contributed by atoms with Crippen molar-refractivity contribution < 1.29 is 17.6 Å². The third-order valence-electron chi connectivity index (χ3n) is 3.78. The van der Waals surface area contributed by atoms with Gasteiger partial charge >= 0.3 is 0 Å². The summed E-state index contributed by atoms with van der Waals surface area (Å²) < 4.78 is 38.4. The van der Waals surface area contributed by atoms with Crippen LogP contribution in [0.4, 0.5) is 10.1 Å². The number of carbonyl (C=O) groups is 1. The van der Waals surface area contributed by atoms with E-state index in [1.165, 1.54) is 12.1 Å². The fourth-order valence-electron chi connectivity index (χ4n) is 2.55. The first-order valence-corrected chi connectivity index (χ1v) is 9.58. The Labute approximate surface area is 147 Å². The molecular weight excluding hydrogens is 343 g/mol. The molecule has 0 fully saturated rings. The molecule has 134 valence electrons. The van der Waals surface area contributed by atoms with Crippen LogP contribution in [-0.4, -0.2) is 27.1 Å². The van der Waals surface area contributed by atoms with Crippen molar-refractivity contribution in [1.29, 1.82) is 0 Å². The number of aryl methyl sites for hydroxylation is 2. The van der Waals surface area contributed by atoms with E-state index in [2.05, 4.69) is 5.32 Å². The Morgan fingerprint density at radius 2 is 1.64 bits per heavy atom. The summed E-state index contributed by atoms with van der Waals surface area (Å²) in [4.78, 5) is 12.2.